The van der Waals surface area contributed by atoms with Gasteiger partial charge >= 0.3 is 0 Å². The second kappa shape index (κ2) is 21.1. The number of methoxy groups -OCH3 is 2. The summed E-state index contributed by atoms with van der Waals surface area (Å²) in [5.41, 5.74) is 1.01. The minimum absolute atomic E-state index is 0.0665. The van der Waals surface area contributed by atoms with Gasteiger partial charge < -0.3 is 45.0 Å². The number of carbonyl (C=O) groups is 4. The summed E-state index contributed by atoms with van der Waals surface area (Å²) in [6.45, 7) is 6.59. The van der Waals surface area contributed by atoms with Crippen molar-refractivity contribution in [3.8, 4) is 17.2 Å². The summed E-state index contributed by atoms with van der Waals surface area (Å²) in [6.07, 6.45) is -0.245. The summed E-state index contributed by atoms with van der Waals surface area (Å²) >= 11 is 0. The molecule has 4 amide bonds. The molecule has 0 aromatic heterocycles. The lowest BCUT2D eigenvalue weighted by Gasteiger charge is -2.32. The van der Waals surface area contributed by atoms with Gasteiger partial charge in [0.05, 0.1) is 56.5 Å². The number of rotatable bonds is 17. The van der Waals surface area contributed by atoms with Crippen molar-refractivity contribution in [3.05, 3.63) is 113 Å². The van der Waals surface area contributed by atoms with E-state index in [-0.39, 0.29) is 41.1 Å². The lowest BCUT2D eigenvalue weighted by atomic mass is 10.1. The average molecular weight is 813 g/mol. The minimum atomic E-state index is -0.737. The molecule has 0 bridgehead atoms. The largest absolute Gasteiger partial charge is 0.497 e. The van der Waals surface area contributed by atoms with Gasteiger partial charge in [-0.2, -0.15) is 0 Å². The zero-order valence-corrected chi connectivity index (χ0v) is 33.1. The highest BCUT2D eigenvalue weighted by Gasteiger charge is 2.24. The number of nitrogens with zero attached hydrogens (tertiary/aromatic N) is 2. The molecule has 0 spiro atoms. The highest BCUT2D eigenvalue weighted by atomic mass is 19.1. The predicted octanol–water partition coefficient (Wildman–Crippen LogP) is 3.92. The Labute approximate surface area is 342 Å². The second-order valence-corrected chi connectivity index (χ2v) is 13.8. The van der Waals surface area contributed by atoms with Crippen molar-refractivity contribution in [1.82, 2.24) is 20.4 Å². The number of hydrogen-bond donors (Lipinski definition) is 4. The first-order valence-corrected chi connectivity index (χ1v) is 19.4. The number of benzene rings is 4. The maximum absolute atomic E-state index is 14.8. The van der Waals surface area contributed by atoms with Crippen LogP contribution in [0, 0.1) is 5.82 Å². The van der Waals surface area contributed by atoms with Gasteiger partial charge in [-0.05, 0) is 66.7 Å². The van der Waals surface area contributed by atoms with Crippen LogP contribution < -0.4 is 35.5 Å². The zero-order valence-electron chi connectivity index (χ0n) is 33.1. The third-order valence-electron chi connectivity index (χ3n) is 9.86. The molecule has 2 saturated heterocycles. The van der Waals surface area contributed by atoms with Crippen molar-refractivity contribution in [2.24, 2.45) is 0 Å². The van der Waals surface area contributed by atoms with Crippen LogP contribution in [0.5, 0.6) is 17.2 Å². The second-order valence-electron chi connectivity index (χ2n) is 13.8. The smallest absolute Gasteiger partial charge is 0.256 e. The number of ether oxygens (including phenoxy) is 5. The molecule has 1 atom stereocenters. The summed E-state index contributed by atoms with van der Waals surface area (Å²) in [5, 5.41) is 11.2. The van der Waals surface area contributed by atoms with Crippen LogP contribution >= 0.6 is 0 Å². The lowest BCUT2D eigenvalue weighted by molar-refractivity contribution is -0.0473. The number of carbonyl (C=O) groups excluding carboxylic acids is 4. The molecule has 6 rings (SSSR count). The SMILES string of the molecule is COc1cccc(C(=O)Nc2c(OC)cccc2C(=O)NCCN2CCOC(COc3ccc(C(=O)Nc4cccc(F)c4C(=O)NCCN4CCOCC4)cc3)C2)c1. The molecule has 59 heavy (non-hydrogen) atoms. The first-order chi connectivity index (χ1) is 28.7. The molecule has 16 heteroatoms. The van der Waals surface area contributed by atoms with E-state index in [0.29, 0.717) is 87.5 Å². The van der Waals surface area contributed by atoms with Gasteiger partial charge in [0.25, 0.3) is 23.6 Å². The Bertz CT molecular complexity index is 2080. The van der Waals surface area contributed by atoms with Crippen LogP contribution in [-0.4, -0.2) is 133 Å². The summed E-state index contributed by atoms with van der Waals surface area (Å²) in [4.78, 5) is 56.8. The van der Waals surface area contributed by atoms with E-state index in [1.165, 1.54) is 32.4 Å². The number of hydrogen-bond acceptors (Lipinski definition) is 11. The highest BCUT2D eigenvalue weighted by Crippen LogP contribution is 2.29. The van der Waals surface area contributed by atoms with Gasteiger partial charge in [0.1, 0.15) is 35.8 Å². The molecule has 0 radical (unpaired) electrons. The van der Waals surface area contributed by atoms with Crippen LogP contribution in [0.4, 0.5) is 15.8 Å². The van der Waals surface area contributed by atoms with E-state index in [1.54, 1.807) is 66.7 Å². The van der Waals surface area contributed by atoms with E-state index in [4.69, 9.17) is 23.7 Å². The van der Waals surface area contributed by atoms with Crippen LogP contribution in [0.15, 0.2) is 84.9 Å². The molecule has 0 aliphatic carbocycles. The third kappa shape index (κ3) is 11.8. The van der Waals surface area contributed by atoms with Crippen LogP contribution in [0.3, 0.4) is 0 Å². The standard InChI is InChI=1S/C43H49FN6O9/c1-55-32-7-3-6-30(26-32)41(52)48-39-34(8-4-11-37(39)56-2)42(53)45-17-19-50-22-25-58-33(27-50)28-59-31-14-12-29(13-15-31)40(51)47-36-10-5-9-35(44)38(36)43(54)46-16-18-49-20-23-57-24-21-49/h3-15,26,33H,16-25,27-28H2,1-2H3,(H,45,53)(H,46,54)(H,47,51)(H,48,52). The maximum atomic E-state index is 14.8. The van der Waals surface area contributed by atoms with E-state index in [9.17, 15) is 23.6 Å². The number of halogens is 1. The highest BCUT2D eigenvalue weighted by molar-refractivity contribution is 6.11. The first-order valence-electron chi connectivity index (χ1n) is 19.4. The van der Waals surface area contributed by atoms with Gasteiger partial charge in [-0.3, -0.25) is 29.0 Å². The first kappa shape index (κ1) is 42.5. The fourth-order valence-electron chi connectivity index (χ4n) is 6.66. The van der Waals surface area contributed by atoms with Crippen molar-refractivity contribution >= 4 is 35.0 Å². The Morgan fingerprint density at radius 1 is 0.712 bits per heavy atom. The summed E-state index contributed by atoms with van der Waals surface area (Å²) in [5.74, 6) is -1.25. The quantitative estimate of drug-likeness (QED) is 0.122. The summed E-state index contributed by atoms with van der Waals surface area (Å²) in [6, 6.07) is 22.2. The number of para-hydroxylation sites is 1. The Hall–Kier alpha value is -6.07. The maximum Gasteiger partial charge on any atom is 0.256 e. The van der Waals surface area contributed by atoms with Gasteiger partial charge in [-0.25, -0.2) is 4.39 Å². The van der Waals surface area contributed by atoms with Gasteiger partial charge in [0, 0.05) is 63.5 Å². The number of amides is 4. The van der Waals surface area contributed by atoms with Crippen LogP contribution in [0.2, 0.25) is 0 Å². The van der Waals surface area contributed by atoms with E-state index < -0.39 is 23.5 Å². The average Bonchev–Trinajstić information content (AvgIpc) is 3.26. The molecule has 312 valence electrons. The predicted molar refractivity (Wildman–Crippen MR) is 218 cm³/mol. The molecule has 0 saturated carbocycles. The lowest BCUT2D eigenvalue weighted by Crippen LogP contribution is -2.47. The Morgan fingerprint density at radius 3 is 2.17 bits per heavy atom. The van der Waals surface area contributed by atoms with Gasteiger partial charge in [0.15, 0.2) is 0 Å². The molecular weight excluding hydrogens is 764 g/mol. The summed E-state index contributed by atoms with van der Waals surface area (Å²) < 4.78 is 42.8. The molecule has 2 fully saturated rings. The minimum Gasteiger partial charge on any atom is -0.497 e. The van der Waals surface area contributed by atoms with Crippen LogP contribution in [0.25, 0.3) is 0 Å². The number of morpholine rings is 2. The Balaban J connectivity index is 0.955. The van der Waals surface area contributed by atoms with E-state index in [2.05, 4.69) is 31.1 Å². The van der Waals surface area contributed by atoms with Crippen molar-refractivity contribution in [3.63, 3.8) is 0 Å². The van der Waals surface area contributed by atoms with Crippen molar-refractivity contribution in [1.29, 1.82) is 0 Å². The molecule has 2 aliphatic rings. The van der Waals surface area contributed by atoms with Crippen molar-refractivity contribution < 1.29 is 47.3 Å². The monoisotopic (exact) mass is 812 g/mol. The molecule has 4 N–H and O–H groups in total. The van der Waals surface area contributed by atoms with E-state index >= 15 is 0 Å². The fourth-order valence-corrected chi connectivity index (χ4v) is 6.66. The molecule has 4 aromatic rings. The third-order valence-corrected chi connectivity index (χ3v) is 9.86. The van der Waals surface area contributed by atoms with Crippen LogP contribution in [0.1, 0.15) is 41.4 Å². The zero-order chi connectivity index (χ0) is 41.6. The topological polar surface area (TPSA) is 169 Å². The number of nitrogens with one attached hydrogen (secondary N) is 4. The molecule has 1 unspecified atom stereocenters. The Kier molecular flexibility index (Phi) is 15.2. The molecule has 2 heterocycles. The van der Waals surface area contributed by atoms with Crippen molar-refractivity contribution in [2.75, 3.05) is 104 Å². The molecule has 2 aliphatic heterocycles. The van der Waals surface area contributed by atoms with E-state index in [1.807, 2.05) is 0 Å². The van der Waals surface area contributed by atoms with E-state index in [0.717, 1.165) is 13.1 Å². The molecule has 15 nitrogen and oxygen atoms in total. The fraction of sp³-hybridized carbons (Fsp3) is 0.349. The molecule has 4 aromatic carbocycles. The van der Waals surface area contributed by atoms with Gasteiger partial charge in [-0.15, -0.1) is 0 Å². The summed E-state index contributed by atoms with van der Waals surface area (Å²) in [7, 11) is 2.99. The van der Waals surface area contributed by atoms with Gasteiger partial charge in [-0.1, -0.05) is 18.2 Å². The van der Waals surface area contributed by atoms with Crippen LogP contribution in [-0.2, 0) is 9.47 Å². The Morgan fingerprint density at radius 2 is 1.41 bits per heavy atom. The number of anilines is 2. The van der Waals surface area contributed by atoms with Gasteiger partial charge in [0.2, 0.25) is 0 Å². The molecular formula is C43H49FN6O9. The normalized spacial score (nSPS) is 15.7. The van der Waals surface area contributed by atoms with Crippen molar-refractivity contribution in [2.45, 2.75) is 6.10 Å².